The summed E-state index contributed by atoms with van der Waals surface area (Å²) in [7, 11) is 0. The van der Waals surface area contributed by atoms with Crippen molar-refractivity contribution < 1.29 is 28.7 Å². The van der Waals surface area contributed by atoms with E-state index >= 15 is 0 Å². The van der Waals surface area contributed by atoms with Gasteiger partial charge in [0.15, 0.2) is 0 Å². The molecule has 2 amide bonds. The number of hydrogen-bond donors (Lipinski definition) is 2. The molecule has 0 aromatic heterocycles. The molecule has 0 atom stereocenters. The van der Waals surface area contributed by atoms with Gasteiger partial charge in [-0.25, -0.2) is 0 Å². The minimum absolute atomic E-state index is 0.00928. The molecule has 0 aliphatic carbocycles. The molecule has 218 valence electrons. The first-order chi connectivity index (χ1) is 19.5. The van der Waals surface area contributed by atoms with Gasteiger partial charge in [-0.15, -0.1) is 0 Å². The van der Waals surface area contributed by atoms with Crippen molar-refractivity contribution in [1.29, 1.82) is 0 Å². The highest BCUT2D eigenvalue weighted by Crippen LogP contribution is 2.07. The van der Waals surface area contributed by atoms with Crippen LogP contribution >= 0.6 is 0 Å². The number of carbonyl (C=O) groups is 4. The molecule has 0 saturated carbocycles. The van der Waals surface area contributed by atoms with Crippen molar-refractivity contribution in [2.75, 3.05) is 13.1 Å². The predicted octanol–water partition coefficient (Wildman–Crippen LogP) is 5.39. The number of unbranched alkanes of at least 4 members (excludes halogenated alkanes) is 5. The molecule has 2 N–H and O–H groups in total. The third-order valence-corrected chi connectivity index (χ3v) is 6.30. The van der Waals surface area contributed by atoms with Crippen molar-refractivity contribution in [1.82, 2.24) is 10.6 Å². The van der Waals surface area contributed by atoms with Crippen molar-refractivity contribution in [3.8, 4) is 0 Å². The third-order valence-electron chi connectivity index (χ3n) is 6.30. The first kappa shape index (κ1) is 32.5. The van der Waals surface area contributed by atoms with Crippen molar-refractivity contribution in [2.24, 2.45) is 0 Å². The van der Waals surface area contributed by atoms with E-state index in [1.807, 2.05) is 60.7 Å². The second kappa shape index (κ2) is 21.2. The van der Waals surface area contributed by atoms with E-state index in [4.69, 9.17) is 9.47 Å². The third kappa shape index (κ3) is 17.0. The van der Waals surface area contributed by atoms with Crippen LogP contribution in [-0.2, 0) is 41.9 Å². The van der Waals surface area contributed by atoms with Gasteiger partial charge in [0.25, 0.3) is 0 Å². The number of rotatable bonds is 21. The molecule has 8 nitrogen and oxygen atoms in total. The number of ether oxygens (including phenoxy) is 2. The Bertz CT molecular complexity index is 915. The van der Waals surface area contributed by atoms with E-state index in [0.29, 0.717) is 64.8 Å². The van der Waals surface area contributed by atoms with E-state index in [-0.39, 0.29) is 23.8 Å². The fourth-order valence-corrected chi connectivity index (χ4v) is 3.97. The first-order valence-corrected chi connectivity index (χ1v) is 14.5. The van der Waals surface area contributed by atoms with Gasteiger partial charge in [0.2, 0.25) is 11.8 Å². The Labute approximate surface area is 238 Å². The van der Waals surface area contributed by atoms with Gasteiger partial charge in [-0.2, -0.15) is 0 Å². The summed E-state index contributed by atoms with van der Waals surface area (Å²) in [5, 5.41) is 5.79. The summed E-state index contributed by atoms with van der Waals surface area (Å²) in [6, 6.07) is 19.2. The van der Waals surface area contributed by atoms with Gasteiger partial charge in [0.05, 0.1) is 0 Å². The molecule has 2 aromatic carbocycles. The van der Waals surface area contributed by atoms with Crippen molar-refractivity contribution in [3.63, 3.8) is 0 Å². The maximum absolute atomic E-state index is 12.0. The topological polar surface area (TPSA) is 111 Å². The van der Waals surface area contributed by atoms with Crippen LogP contribution in [0.1, 0.15) is 88.2 Å². The zero-order valence-electron chi connectivity index (χ0n) is 23.5. The van der Waals surface area contributed by atoms with Crippen molar-refractivity contribution in [2.45, 2.75) is 90.3 Å². The fraction of sp³-hybridized carbons (Fsp3) is 0.500. The van der Waals surface area contributed by atoms with Crippen LogP contribution in [0.3, 0.4) is 0 Å². The largest absolute Gasteiger partial charge is 0.461 e. The Balaban J connectivity index is 1.33. The fourth-order valence-electron chi connectivity index (χ4n) is 3.97. The highest BCUT2D eigenvalue weighted by molar-refractivity contribution is 5.77. The summed E-state index contributed by atoms with van der Waals surface area (Å²) in [5.41, 5.74) is 1.95. The molecule has 0 heterocycles. The summed E-state index contributed by atoms with van der Waals surface area (Å²) in [5.74, 6) is -0.419. The Morgan fingerprint density at radius 3 is 1.25 bits per heavy atom. The summed E-state index contributed by atoms with van der Waals surface area (Å²) < 4.78 is 10.5. The van der Waals surface area contributed by atoms with E-state index in [9.17, 15) is 19.2 Å². The number of esters is 2. The summed E-state index contributed by atoms with van der Waals surface area (Å²) in [4.78, 5) is 47.5. The van der Waals surface area contributed by atoms with Crippen LogP contribution < -0.4 is 10.6 Å². The smallest absolute Gasteiger partial charge is 0.306 e. The predicted molar refractivity (Wildman–Crippen MR) is 154 cm³/mol. The molecular formula is C32H44N2O6. The van der Waals surface area contributed by atoms with E-state index in [1.54, 1.807) is 0 Å². The number of benzene rings is 2. The molecule has 0 unspecified atom stereocenters. The van der Waals surface area contributed by atoms with Crippen LogP contribution in [0.4, 0.5) is 0 Å². The highest BCUT2D eigenvalue weighted by Gasteiger charge is 2.07. The standard InChI is InChI=1S/C32H44N2O6/c35-29(33-23-13-3-9-21-31(37)39-25-27-15-5-1-6-16-27)19-11-12-20-30(36)34-24-14-4-10-22-32(38)40-26-28-17-7-2-8-18-28/h1-2,5-8,15-18H,3-4,9-14,19-26H2,(H,33,35)(H,34,36). The van der Waals surface area contributed by atoms with Crippen molar-refractivity contribution >= 4 is 23.8 Å². The van der Waals surface area contributed by atoms with Crippen LogP contribution in [0.5, 0.6) is 0 Å². The Hall–Kier alpha value is -3.68. The Morgan fingerprint density at radius 2 is 0.850 bits per heavy atom. The monoisotopic (exact) mass is 552 g/mol. The van der Waals surface area contributed by atoms with Gasteiger partial charge in [-0.1, -0.05) is 73.5 Å². The molecule has 0 radical (unpaired) electrons. The number of carbonyl (C=O) groups excluding carboxylic acids is 4. The minimum Gasteiger partial charge on any atom is -0.461 e. The van der Waals surface area contributed by atoms with E-state index in [1.165, 1.54) is 0 Å². The van der Waals surface area contributed by atoms with E-state index in [2.05, 4.69) is 10.6 Å². The van der Waals surface area contributed by atoms with Crippen LogP contribution in [0.15, 0.2) is 60.7 Å². The van der Waals surface area contributed by atoms with Gasteiger partial charge in [-0.05, 0) is 49.7 Å². The van der Waals surface area contributed by atoms with Crippen LogP contribution in [0.2, 0.25) is 0 Å². The normalized spacial score (nSPS) is 10.5. The van der Waals surface area contributed by atoms with Crippen LogP contribution in [-0.4, -0.2) is 36.8 Å². The Morgan fingerprint density at radius 1 is 0.475 bits per heavy atom. The molecular weight excluding hydrogens is 508 g/mol. The zero-order chi connectivity index (χ0) is 28.7. The maximum atomic E-state index is 12.0. The molecule has 0 fully saturated rings. The molecule has 0 spiro atoms. The number of amides is 2. The second-order valence-electron chi connectivity index (χ2n) is 9.82. The highest BCUT2D eigenvalue weighted by atomic mass is 16.5. The Kier molecular flexibility index (Phi) is 17.2. The molecule has 2 rings (SSSR count). The molecule has 40 heavy (non-hydrogen) atoms. The molecule has 0 aliphatic rings. The summed E-state index contributed by atoms with van der Waals surface area (Å²) >= 11 is 0. The lowest BCUT2D eigenvalue weighted by Gasteiger charge is -2.07. The zero-order valence-corrected chi connectivity index (χ0v) is 23.5. The first-order valence-electron chi connectivity index (χ1n) is 14.5. The maximum Gasteiger partial charge on any atom is 0.306 e. The molecule has 0 saturated heterocycles. The second-order valence-corrected chi connectivity index (χ2v) is 9.82. The summed E-state index contributed by atoms with van der Waals surface area (Å²) in [6.45, 7) is 1.77. The minimum atomic E-state index is -0.200. The van der Waals surface area contributed by atoms with Crippen LogP contribution in [0.25, 0.3) is 0 Å². The average molecular weight is 553 g/mol. The van der Waals surface area contributed by atoms with Crippen LogP contribution in [0, 0.1) is 0 Å². The lowest BCUT2D eigenvalue weighted by atomic mass is 10.1. The number of hydrogen-bond acceptors (Lipinski definition) is 6. The quantitative estimate of drug-likeness (QED) is 0.159. The lowest BCUT2D eigenvalue weighted by Crippen LogP contribution is -2.25. The molecule has 0 aliphatic heterocycles. The summed E-state index contributed by atoms with van der Waals surface area (Å²) in [6.07, 6.45) is 7.69. The SMILES string of the molecule is O=C(CCCCC(=O)NCCCCCC(=O)OCc1ccccc1)NCCCCCC(=O)OCc1ccccc1. The van der Waals surface area contributed by atoms with Gasteiger partial charge < -0.3 is 20.1 Å². The van der Waals surface area contributed by atoms with E-state index in [0.717, 1.165) is 49.7 Å². The van der Waals surface area contributed by atoms with Gasteiger partial charge in [0.1, 0.15) is 13.2 Å². The molecule has 8 heteroatoms. The molecule has 2 aromatic rings. The van der Waals surface area contributed by atoms with Gasteiger partial charge >= 0.3 is 11.9 Å². The average Bonchev–Trinajstić information content (AvgIpc) is 2.97. The number of nitrogens with one attached hydrogen (secondary N) is 2. The van der Waals surface area contributed by atoms with Gasteiger partial charge in [0, 0.05) is 38.8 Å². The lowest BCUT2D eigenvalue weighted by molar-refractivity contribution is -0.146. The van der Waals surface area contributed by atoms with E-state index < -0.39 is 0 Å². The van der Waals surface area contributed by atoms with Crippen molar-refractivity contribution in [3.05, 3.63) is 71.8 Å². The van der Waals surface area contributed by atoms with Gasteiger partial charge in [-0.3, -0.25) is 19.2 Å². The molecule has 0 bridgehead atoms.